The second-order valence-electron chi connectivity index (χ2n) is 19.8. The Morgan fingerprint density at radius 1 is 0.907 bits per heavy atom. The Kier molecular flexibility index (Phi) is 12.8. The Bertz CT molecular complexity index is 3440. The van der Waals surface area contributed by atoms with E-state index in [1.807, 2.05) is 40.1 Å². The molecule has 0 radical (unpaired) electrons. The maximum atomic E-state index is 15.8. The van der Waals surface area contributed by atoms with Gasteiger partial charge in [0.1, 0.15) is 22.6 Å². The average molecular weight is 1040 g/mol. The number of piperidine rings is 2. The van der Waals surface area contributed by atoms with Crippen LogP contribution < -0.4 is 25.6 Å². The first kappa shape index (κ1) is 49.4. The number of aromatic carboxylic acids is 1. The highest BCUT2D eigenvalue weighted by atomic mass is 32.1. The van der Waals surface area contributed by atoms with Gasteiger partial charge >= 0.3 is 12.1 Å². The van der Waals surface area contributed by atoms with E-state index in [9.17, 15) is 29.1 Å². The fourth-order valence-electron chi connectivity index (χ4n) is 11.4. The summed E-state index contributed by atoms with van der Waals surface area (Å²) in [6.07, 6.45) is -1.06. The van der Waals surface area contributed by atoms with Crippen molar-refractivity contribution in [2.75, 3.05) is 48.3 Å². The molecule has 3 aliphatic heterocycles. The van der Waals surface area contributed by atoms with Gasteiger partial charge in [-0.1, -0.05) is 47.7 Å². The number of amides is 4. The van der Waals surface area contributed by atoms with E-state index in [0.717, 1.165) is 47.0 Å². The van der Waals surface area contributed by atoms with Crippen LogP contribution in [0.5, 0.6) is 5.75 Å². The highest BCUT2D eigenvalue weighted by Gasteiger charge is 2.47. The van der Waals surface area contributed by atoms with Gasteiger partial charge in [-0.3, -0.25) is 39.4 Å². The molecule has 3 fully saturated rings. The standard InChI is InChI=1S/C54H49F4N9O7S/c1-65-48-34(46(64-65)35-14-17-42(68)62-50(35)71)12-15-38(45(48)55)59-43(69)27-66-22-19-53(20-23-66)24-29(25-53)28-74-39-10-5-7-31(44(39)54(56,57)58)32-13-16-41(61-47(32)51(72)73)67-21-18-30-6-4-8-33(36(30)26-67)49(70)63-52-60-37-9-2-3-11-40(37)75-52/h2-13,15-16,29,35H,14,17-28H2,1H3,(H,59,69)(H,72,73)(H,60,63,70)(H,62,68,71). The van der Waals surface area contributed by atoms with Crippen LogP contribution in [0.2, 0.25) is 0 Å². The number of para-hydroxylation sites is 1. The minimum atomic E-state index is -4.92. The zero-order chi connectivity index (χ0) is 52.3. The predicted molar refractivity (Wildman–Crippen MR) is 271 cm³/mol. The number of fused-ring (bicyclic) bond motifs is 3. The van der Waals surface area contributed by atoms with E-state index in [1.54, 1.807) is 25.2 Å². The van der Waals surface area contributed by atoms with E-state index in [4.69, 9.17) is 4.74 Å². The maximum absolute atomic E-state index is 15.8. The molecule has 6 heterocycles. The number of halogens is 4. The van der Waals surface area contributed by atoms with E-state index >= 15 is 17.6 Å². The monoisotopic (exact) mass is 1040 g/mol. The number of nitrogens with zero attached hydrogens (tertiary/aromatic N) is 6. The molecule has 386 valence electrons. The highest BCUT2D eigenvalue weighted by molar-refractivity contribution is 7.22. The van der Waals surface area contributed by atoms with Crippen LogP contribution in [0.3, 0.4) is 0 Å². The number of likely N-dealkylation sites (tertiary alicyclic amines) is 1. The zero-order valence-corrected chi connectivity index (χ0v) is 41.2. The number of benzene rings is 4. The molecule has 16 nitrogen and oxygen atoms in total. The van der Waals surface area contributed by atoms with Gasteiger partial charge in [0, 0.05) is 48.6 Å². The summed E-state index contributed by atoms with van der Waals surface area (Å²) < 4.78 is 69.4. The Morgan fingerprint density at radius 3 is 2.45 bits per heavy atom. The fraction of sp³-hybridized carbons (Fsp3) is 0.333. The van der Waals surface area contributed by atoms with E-state index in [1.165, 1.54) is 52.4 Å². The molecule has 75 heavy (non-hydrogen) atoms. The molecule has 4 amide bonds. The Hall–Kier alpha value is -7.78. The minimum absolute atomic E-state index is 0.0159. The largest absolute Gasteiger partial charge is 0.493 e. The van der Waals surface area contributed by atoms with Gasteiger partial charge < -0.3 is 20.1 Å². The molecule has 4 aliphatic rings. The molecule has 1 unspecified atom stereocenters. The lowest BCUT2D eigenvalue weighted by Gasteiger charge is -2.52. The van der Waals surface area contributed by atoms with E-state index < -0.39 is 52.7 Å². The van der Waals surface area contributed by atoms with Crippen LogP contribution >= 0.6 is 11.3 Å². The highest BCUT2D eigenvalue weighted by Crippen LogP contribution is 2.53. The molecule has 1 atom stereocenters. The molecule has 4 aromatic carbocycles. The first-order chi connectivity index (χ1) is 36.0. The van der Waals surface area contributed by atoms with Crippen LogP contribution in [0.15, 0.2) is 84.9 Å². The minimum Gasteiger partial charge on any atom is -0.493 e. The zero-order valence-electron chi connectivity index (χ0n) is 40.4. The van der Waals surface area contributed by atoms with Crippen LogP contribution in [-0.4, -0.2) is 92.1 Å². The average Bonchev–Trinajstić information content (AvgIpc) is 3.95. The van der Waals surface area contributed by atoms with Crippen molar-refractivity contribution in [3.05, 3.63) is 124 Å². The van der Waals surface area contributed by atoms with Gasteiger partial charge in [-0.05, 0) is 123 Å². The van der Waals surface area contributed by atoms with E-state index in [-0.39, 0.29) is 83.8 Å². The van der Waals surface area contributed by atoms with Gasteiger partial charge in [-0.15, -0.1) is 0 Å². The van der Waals surface area contributed by atoms with Crippen molar-refractivity contribution in [1.29, 1.82) is 0 Å². The first-order valence-corrected chi connectivity index (χ1v) is 25.4. The van der Waals surface area contributed by atoms with Crippen LogP contribution in [-0.2, 0) is 40.6 Å². The van der Waals surface area contributed by atoms with Gasteiger partial charge in [-0.25, -0.2) is 19.2 Å². The van der Waals surface area contributed by atoms with Crippen LogP contribution in [0.1, 0.15) is 87.7 Å². The number of nitrogens with one attached hydrogen (secondary N) is 3. The lowest BCUT2D eigenvalue weighted by atomic mass is 9.58. The number of carboxylic acids is 1. The molecular weight excluding hydrogens is 995 g/mol. The molecule has 21 heteroatoms. The van der Waals surface area contributed by atoms with Crippen molar-refractivity contribution in [3.8, 4) is 16.9 Å². The topological polar surface area (TPSA) is 201 Å². The number of ether oxygens (including phenoxy) is 1. The Labute approximate surface area is 430 Å². The maximum Gasteiger partial charge on any atom is 0.420 e. The number of alkyl halides is 3. The number of rotatable bonds is 12. The van der Waals surface area contributed by atoms with E-state index in [2.05, 4.69) is 31.0 Å². The number of carbonyl (C=O) groups excluding carboxylic acids is 4. The van der Waals surface area contributed by atoms with E-state index in [0.29, 0.717) is 47.8 Å². The number of pyridine rings is 1. The van der Waals surface area contributed by atoms with Gasteiger partial charge in [-0.2, -0.15) is 18.3 Å². The number of imide groups is 1. The number of hydrogen-bond donors (Lipinski definition) is 4. The summed E-state index contributed by atoms with van der Waals surface area (Å²) >= 11 is 1.35. The summed E-state index contributed by atoms with van der Waals surface area (Å²) in [4.78, 5) is 76.6. The number of aryl methyl sites for hydroxylation is 1. The van der Waals surface area contributed by atoms with Crippen molar-refractivity contribution in [2.45, 2.75) is 63.6 Å². The van der Waals surface area contributed by atoms with Crippen LogP contribution in [0.4, 0.5) is 34.2 Å². The summed E-state index contributed by atoms with van der Waals surface area (Å²) in [5.41, 5.74) is 0.966. The second-order valence-corrected chi connectivity index (χ2v) is 20.9. The number of carboxylic acid groups (broad SMARTS) is 1. The number of carbonyl (C=O) groups is 5. The van der Waals surface area contributed by atoms with Crippen LogP contribution in [0, 0.1) is 17.2 Å². The molecular formula is C54H49F4N9O7S. The molecule has 1 spiro atoms. The summed E-state index contributed by atoms with van der Waals surface area (Å²) in [6, 6.07) is 22.7. The third-order valence-electron chi connectivity index (χ3n) is 15.1. The van der Waals surface area contributed by atoms with Crippen molar-refractivity contribution in [3.63, 3.8) is 0 Å². The molecule has 3 aromatic heterocycles. The van der Waals surface area contributed by atoms with Gasteiger partial charge in [0.25, 0.3) is 5.91 Å². The fourth-order valence-corrected chi connectivity index (χ4v) is 12.3. The third kappa shape index (κ3) is 9.65. The summed E-state index contributed by atoms with van der Waals surface area (Å²) in [5.74, 6) is -4.75. The third-order valence-corrected chi connectivity index (χ3v) is 16.0. The van der Waals surface area contributed by atoms with Crippen molar-refractivity contribution in [1.82, 2.24) is 30.0 Å². The normalized spacial score (nSPS) is 17.9. The summed E-state index contributed by atoms with van der Waals surface area (Å²) in [6.45, 7) is 1.84. The number of aromatic nitrogens is 4. The van der Waals surface area contributed by atoms with Crippen molar-refractivity contribution >= 4 is 78.7 Å². The molecule has 2 saturated heterocycles. The quantitative estimate of drug-likeness (QED) is 0.0670. The Balaban J connectivity index is 0.714. The molecule has 7 aromatic rings. The lowest BCUT2D eigenvalue weighted by Crippen LogP contribution is -2.49. The molecule has 1 saturated carbocycles. The van der Waals surface area contributed by atoms with Gasteiger partial charge in [0.05, 0.1) is 40.7 Å². The smallest absolute Gasteiger partial charge is 0.420 e. The summed E-state index contributed by atoms with van der Waals surface area (Å²) in [5, 5.41) is 23.6. The number of thiazole rings is 1. The van der Waals surface area contributed by atoms with Crippen molar-refractivity contribution in [2.24, 2.45) is 18.4 Å². The first-order valence-electron chi connectivity index (χ1n) is 24.6. The number of hydrogen-bond acceptors (Lipinski definition) is 12. The SMILES string of the molecule is Cn1nc(C2CCC(=O)NC2=O)c2ccc(NC(=O)CN3CCC4(CC3)CC(COc3cccc(-c5ccc(N6CCc7cccc(C(=O)Nc8nc9ccccc9s8)c7C6)nc5C(=O)O)c3C(F)(F)F)C4)c(F)c21. The van der Waals surface area contributed by atoms with Crippen LogP contribution in [0.25, 0.3) is 32.2 Å². The lowest BCUT2D eigenvalue weighted by molar-refractivity contribution is -0.139. The molecule has 4 N–H and O–H groups in total. The molecule has 1 aliphatic carbocycles. The number of anilines is 3. The predicted octanol–water partition coefficient (Wildman–Crippen LogP) is 8.95. The second kappa shape index (κ2) is 19.5. The summed E-state index contributed by atoms with van der Waals surface area (Å²) in [7, 11) is 1.55. The molecule has 0 bridgehead atoms. The molecule has 11 rings (SSSR count). The van der Waals surface area contributed by atoms with Crippen molar-refractivity contribution < 1.29 is 51.4 Å². The van der Waals surface area contributed by atoms with Gasteiger partial charge in [0.15, 0.2) is 16.6 Å². The van der Waals surface area contributed by atoms with Gasteiger partial charge in [0.2, 0.25) is 17.7 Å². The Morgan fingerprint density at radius 2 is 1.69 bits per heavy atom.